The average molecular weight is 298 g/mol. The minimum absolute atomic E-state index is 0.101. The molecule has 2 rings (SSSR count). The average Bonchev–Trinajstić information content (AvgIpc) is 2.87. The van der Waals surface area contributed by atoms with E-state index in [9.17, 15) is 14.7 Å². The van der Waals surface area contributed by atoms with Gasteiger partial charge in [-0.05, 0) is 52.0 Å². The molecule has 0 spiro atoms. The van der Waals surface area contributed by atoms with E-state index in [0.29, 0.717) is 38.8 Å². The molecule has 1 heterocycles. The lowest BCUT2D eigenvalue weighted by molar-refractivity contribution is -0.151. The summed E-state index contributed by atoms with van der Waals surface area (Å²) < 4.78 is 5.04. The van der Waals surface area contributed by atoms with Gasteiger partial charge in [-0.1, -0.05) is 0 Å². The molecule has 1 saturated carbocycles. The van der Waals surface area contributed by atoms with Gasteiger partial charge in [-0.3, -0.25) is 14.5 Å². The number of carbonyl (C=O) groups is 2. The summed E-state index contributed by atoms with van der Waals surface area (Å²) in [5, 5.41) is 10.7. The van der Waals surface area contributed by atoms with E-state index < -0.39 is 5.60 Å². The van der Waals surface area contributed by atoms with E-state index in [1.165, 1.54) is 0 Å². The summed E-state index contributed by atoms with van der Waals surface area (Å²) in [7, 11) is 0. The van der Waals surface area contributed by atoms with Crippen LogP contribution < -0.4 is 5.73 Å². The summed E-state index contributed by atoms with van der Waals surface area (Å²) in [6, 6.07) is -0.253. The van der Waals surface area contributed by atoms with E-state index in [4.69, 9.17) is 10.5 Å². The number of hydrogen-bond acceptors (Lipinski definition) is 5. The maximum Gasteiger partial charge on any atom is 0.308 e. The zero-order chi connectivity index (χ0) is 15.5. The number of nitrogens with zero attached hydrogens (tertiary/aromatic N) is 1. The van der Waals surface area contributed by atoms with Crippen molar-refractivity contribution in [1.82, 2.24) is 4.90 Å². The molecule has 1 aliphatic heterocycles. The summed E-state index contributed by atoms with van der Waals surface area (Å²) in [6.07, 6.45) is 4.14. The Hall–Kier alpha value is -1.14. The first-order valence-corrected chi connectivity index (χ1v) is 7.87. The number of primary amides is 1. The molecule has 1 atom stereocenters. The summed E-state index contributed by atoms with van der Waals surface area (Å²) in [4.78, 5) is 25.1. The van der Waals surface area contributed by atoms with Crippen molar-refractivity contribution in [3.05, 3.63) is 0 Å². The van der Waals surface area contributed by atoms with E-state index in [-0.39, 0.29) is 23.8 Å². The fraction of sp³-hybridized carbons (Fsp3) is 0.867. The normalized spacial score (nSPS) is 33.8. The van der Waals surface area contributed by atoms with E-state index in [1.54, 1.807) is 6.92 Å². The molecule has 2 fully saturated rings. The second-order valence-electron chi connectivity index (χ2n) is 6.28. The Bertz CT molecular complexity index is 391. The van der Waals surface area contributed by atoms with Gasteiger partial charge >= 0.3 is 5.97 Å². The molecule has 6 heteroatoms. The van der Waals surface area contributed by atoms with Gasteiger partial charge in [-0.25, -0.2) is 0 Å². The molecular formula is C15H26N2O4. The van der Waals surface area contributed by atoms with Crippen LogP contribution in [-0.2, 0) is 14.3 Å². The molecule has 0 aromatic carbocycles. The van der Waals surface area contributed by atoms with Gasteiger partial charge in [0.1, 0.15) is 0 Å². The van der Waals surface area contributed by atoms with Crippen LogP contribution >= 0.6 is 0 Å². The van der Waals surface area contributed by atoms with Crippen molar-refractivity contribution in [1.29, 1.82) is 0 Å². The Morgan fingerprint density at radius 2 is 2.00 bits per heavy atom. The number of nitrogens with two attached hydrogens (primary N) is 1. The van der Waals surface area contributed by atoms with E-state index in [1.807, 2.05) is 4.90 Å². The van der Waals surface area contributed by atoms with Gasteiger partial charge < -0.3 is 15.6 Å². The number of ether oxygens (including phenoxy) is 1. The molecule has 0 aromatic heterocycles. The molecule has 1 unspecified atom stereocenters. The van der Waals surface area contributed by atoms with Crippen molar-refractivity contribution >= 4 is 11.9 Å². The molecule has 120 valence electrons. The maximum atomic E-state index is 11.7. The second kappa shape index (κ2) is 6.75. The highest BCUT2D eigenvalue weighted by molar-refractivity contribution is 5.80. The third-order valence-corrected chi connectivity index (χ3v) is 4.73. The fourth-order valence-electron chi connectivity index (χ4n) is 3.52. The first-order valence-electron chi connectivity index (χ1n) is 7.87. The molecule has 0 radical (unpaired) electrons. The van der Waals surface area contributed by atoms with Gasteiger partial charge in [0.2, 0.25) is 5.91 Å². The molecule has 1 saturated heterocycles. The first-order chi connectivity index (χ1) is 9.95. The fourth-order valence-corrected chi connectivity index (χ4v) is 3.52. The van der Waals surface area contributed by atoms with Gasteiger partial charge in [0.25, 0.3) is 0 Å². The van der Waals surface area contributed by atoms with Crippen LogP contribution in [0.25, 0.3) is 0 Å². The Morgan fingerprint density at radius 1 is 1.33 bits per heavy atom. The number of aliphatic hydroxyl groups is 1. The largest absolute Gasteiger partial charge is 0.466 e. The highest BCUT2D eigenvalue weighted by Crippen LogP contribution is 2.34. The molecule has 0 aromatic rings. The minimum Gasteiger partial charge on any atom is -0.466 e. The number of rotatable bonds is 5. The van der Waals surface area contributed by atoms with Crippen molar-refractivity contribution in [2.45, 2.75) is 57.1 Å². The van der Waals surface area contributed by atoms with Crippen LogP contribution in [0.5, 0.6) is 0 Å². The number of β-amino-alcohol motifs (C(OH)–C–C–N with tert-alkyl or cyclic N) is 1. The Labute approximate surface area is 125 Å². The summed E-state index contributed by atoms with van der Waals surface area (Å²) in [5.74, 6) is -0.567. The van der Waals surface area contributed by atoms with Gasteiger partial charge in [0, 0.05) is 6.54 Å². The quantitative estimate of drug-likeness (QED) is 0.718. The molecular weight excluding hydrogens is 272 g/mol. The van der Waals surface area contributed by atoms with Gasteiger partial charge in [-0.15, -0.1) is 0 Å². The van der Waals surface area contributed by atoms with Crippen molar-refractivity contribution in [2.24, 2.45) is 11.7 Å². The standard InChI is InChI=1S/C15H26N2O4/c1-2-21-14(19)11-5-7-15(20,8-6-11)10-17-9-3-4-12(17)13(16)18/h11-12,20H,2-10H2,1H3,(H2,16,18). The molecule has 6 nitrogen and oxygen atoms in total. The van der Waals surface area contributed by atoms with Crippen LogP contribution in [-0.4, -0.2) is 53.2 Å². The summed E-state index contributed by atoms with van der Waals surface area (Å²) >= 11 is 0. The highest BCUT2D eigenvalue weighted by atomic mass is 16.5. The third kappa shape index (κ3) is 3.95. The summed E-state index contributed by atoms with van der Waals surface area (Å²) in [5.41, 5.74) is 4.59. The van der Waals surface area contributed by atoms with Crippen molar-refractivity contribution in [2.75, 3.05) is 19.7 Å². The molecule has 0 bridgehead atoms. The maximum absolute atomic E-state index is 11.7. The van der Waals surface area contributed by atoms with E-state index in [0.717, 1.165) is 19.4 Å². The first kappa shape index (κ1) is 16.2. The Balaban J connectivity index is 1.87. The van der Waals surface area contributed by atoms with Crippen LogP contribution in [0.2, 0.25) is 0 Å². The van der Waals surface area contributed by atoms with E-state index >= 15 is 0 Å². The van der Waals surface area contributed by atoms with Gasteiger partial charge in [0.05, 0.1) is 24.2 Å². The topological polar surface area (TPSA) is 92.9 Å². The van der Waals surface area contributed by atoms with Gasteiger partial charge in [0.15, 0.2) is 0 Å². The van der Waals surface area contributed by atoms with Crippen molar-refractivity contribution in [3.8, 4) is 0 Å². The number of amides is 1. The van der Waals surface area contributed by atoms with Crippen LogP contribution in [0.3, 0.4) is 0 Å². The zero-order valence-corrected chi connectivity index (χ0v) is 12.7. The number of carbonyl (C=O) groups excluding carboxylic acids is 2. The van der Waals surface area contributed by atoms with E-state index in [2.05, 4.69) is 0 Å². The predicted octanol–water partition coefficient (Wildman–Crippen LogP) is 0.421. The number of hydrogen-bond donors (Lipinski definition) is 2. The number of esters is 1. The zero-order valence-electron chi connectivity index (χ0n) is 12.7. The molecule has 1 aliphatic carbocycles. The summed E-state index contributed by atoms with van der Waals surface area (Å²) in [6.45, 7) is 3.47. The predicted molar refractivity (Wildman–Crippen MR) is 77.3 cm³/mol. The van der Waals surface area contributed by atoms with Crippen LogP contribution in [0.15, 0.2) is 0 Å². The smallest absolute Gasteiger partial charge is 0.308 e. The minimum atomic E-state index is -0.818. The van der Waals surface area contributed by atoms with Crippen LogP contribution in [0.1, 0.15) is 45.4 Å². The molecule has 1 amide bonds. The third-order valence-electron chi connectivity index (χ3n) is 4.73. The Kier molecular flexibility index (Phi) is 5.22. The van der Waals surface area contributed by atoms with Gasteiger partial charge in [-0.2, -0.15) is 0 Å². The molecule has 21 heavy (non-hydrogen) atoms. The van der Waals surface area contributed by atoms with Crippen molar-refractivity contribution < 1.29 is 19.4 Å². The molecule has 2 aliphatic rings. The van der Waals surface area contributed by atoms with Crippen molar-refractivity contribution in [3.63, 3.8) is 0 Å². The second-order valence-corrected chi connectivity index (χ2v) is 6.28. The SMILES string of the molecule is CCOC(=O)C1CCC(O)(CN2CCCC2C(N)=O)CC1. The molecule has 3 N–H and O–H groups in total. The monoisotopic (exact) mass is 298 g/mol. The lowest BCUT2D eigenvalue weighted by atomic mass is 9.78. The lowest BCUT2D eigenvalue weighted by Crippen LogP contribution is -2.50. The van der Waals surface area contributed by atoms with Crippen LogP contribution in [0.4, 0.5) is 0 Å². The highest BCUT2D eigenvalue weighted by Gasteiger charge is 2.40. The van der Waals surface area contributed by atoms with Crippen LogP contribution in [0, 0.1) is 5.92 Å². The Morgan fingerprint density at radius 3 is 2.57 bits per heavy atom. The lowest BCUT2D eigenvalue weighted by Gasteiger charge is -2.39. The number of likely N-dealkylation sites (tertiary alicyclic amines) is 1.